The molecule has 16 heavy (non-hydrogen) atoms. The Hall–Kier alpha value is -2.37. The summed E-state index contributed by atoms with van der Waals surface area (Å²) in [4.78, 5) is 14.6. The Bertz CT molecular complexity index is 533. The standard InChI is InChI=1S/C10H8FN3O2/c11-7-3-1-6(2-4-7)9-13-5-8(10(15)16)14(9)12/h1-5H,12H2,(H,15,16). The van der Waals surface area contributed by atoms with E-state index in [9.17, 15) is 9.18 Å². The molecule has 0 radical (unpaired) electrons. The molecule has 2 rings (SSSR count). The lowest BCUT2D eigenvalue weighted by Gasteiger charge is -2.02. The van der Waals surface area contributed by atoms with Crippen LogP contribution in [0.25, 0.3) is 11.4 Å². The zero-order chi connectivity index (χ0) is 11.7. The van der Waals surface area contributed by atoms with Crippen LogP contribution in [0.5, 0.6) is 0 Å². The highest BCUT2D eigenvalue weighted by Gasteiger charge is 2.14. The predicted molar refractivity (Wildman–Crippen MR) is 54.7 cm³/mol. The van der Waals surface area contributed by atoms with Crippen molar-refractivity contribution in [1.29, 1.82) is 0 Å². The minimum atomic E-state index is -1.16. The minimum absolute atomic E-state index is 0.126. The van der Waals surface area contributed by atoms with Gasteiger partial charge in [0.1, 0.15) is 5.82 Å². The van der Waals surface area contributed by atoms with Gasteiger partial charge in [0.05, 0.1) is 6.20 Å². The Morgan fingerprint density at radius 1 is 1.38 bits per heavy atom. The number of benzene rings is 1. The van der Waals surface area contributed by atoms with Gasteiger partial charge < -0.3 is 10.9 Å². The third-order valence-electron chi connectivity index (χ3n) is 2.12. The molecule has 5 nitrogen and oxygen atoms in total. The zero-order valence-electron chi connectivity index (χ0n) is 8.09. The zero-order valence-corrected chi connectivity index (χ0v) is 8.09. The lowest BCUT2D eigenvalue weighted by Crippen LogP contribution is -2.17. The van der Waals surface area contributed by atoms with Crippen molar-refractivity contribution in [2.75, 3.05) is 5.84 Å². The average Bonchev–Trinajstić information content (AvgIpc) is 2.61. The number of carboxylic acid groups (broad SMARTS) is 1. The molecule has 0 aliphatic heterocycles. The molecule has 6 heteroatoms. The van der Waals surface area contributed by atoms with Gasteiger partial charge in [-0.2, -0.15) is 0 Å². The van der Waals surface area contributed by atoms with Gasteiger partial charge in [0.15, 0.2) is 11.5 Å². The van der Waals surface area contributed by atoms with Gasteiger partial charge in [0.25, 0.3) is 0 Å². The smallest absolute Gasteiger partial charge is 0.356 e. The monoisotopic (exact) mass is 221 g/mol. The molecule has 0 aliphatic carbocycles. The highest BCUT2D eigenvalue weighted by molar-refractivity contribution is 5.86. The van der Waals surface area contributed by atoms with Crippen LogP contribution in [0.1, 0.15) is 10.5 Å². The van der Waals surface area contributed by atoms with Crippen molar-refractivity contribution in [3.8, 4) is 11.4 Å². The number of rotatable bonds is 2. The molecule has 0 amide bonds. The molecular formula is C10H8FN3O2. The predicted octanol–water partition coefficient (Wildman–Crippen LogP) is 1.10. The van der Waals surface area contributed by atoms with E-state index in [4.69, 9.17) is 10.9 Å². The van der Waals surface area contributed by atoms with Gasteiger partial charge in [-0.05, 0) is 24.3 Å². The SMILES string of the molecule is Nn1c(C(=O)O)cnc1-c1ccc(F)cc1. The summed E-state index contributed by atoms with van der Waals surface area (Å²) in [5.74, 6) is 4.29. The quantitative estimate of drug-likeness (QED) is 0.744. The van der Waals surface area contributed by atoms with E-state index in [1.54, 1.807) is 0 Å². The van der Waals surface area contributed by atoms with Crippen molar-refractivity contribution >= 4 is 5.97 Å². The first-order chi connectivity index (χ1) is 7.59. The molecule has 0 atom stereocenters. The second kappa shape index (κ2) is 3.65. The number of hydrogen-bond acceptors (Lipinski definition) is 3. The number of nitrogen functional groups attached to an aromatic ring is 1. The number of carboxylic acids is 1. The van der Waals surface area contributed by atoms with Crippen molar-refractivity contribution in [1.82, 2.24) is 9.66 Å². The second-order valence-corrected chi connectivity index (χ2v) is 3.15. The fourth-order valence-corrected chi connectivity index (χ4v) is 1.33. The molecule has 0 fully saturated rings. The lowest BCUT2D eigenvalue weighted by atomic mass is 10.2. The number of nitrogens with zero attached hydrogens (tertiary/aromatic N) is 2. The number of hydrogen-bond donors (Lipinski definition) is 2. The van der Waals surface area contributed by atoms with Gasteiger partial charge in [-0.1, -0.05) is 0 Å². The van der Waals surface area contributed by atoms with E-state index < -0.39 is 5.97 Å². The molecule has 0 unspecified atom stereocenters. The van der Waals surface area contributed by atoms with Crippen LogP contribution in [-0.2, 0) is 0 Å². The number of carbonyl (C=O) groups is 1. The van der Waals surface area contributed by atoms with Gasteiger partial charge in [-0.15, -0.1) is 0 Å². The first kappa shape index (κ1) is 10.2. The summed E-state index contributed by atoms with van der Waals surface area (Å²) in [5, 5.41) is 8.77. The molecule has 1 aromatic carbocycles. The van der Waals surface area contributed by atoms with Crippen molar-refractivity contribution in [3.05, 3.63) is 42.0 Å². The second-order valence-electron chi connectivity index (χ2n) is 3.15. The molecule has 0 aliphatic rings. The maximum Gasteiger partial charge on any atom is 0.356 e. The molecule has 1 aromatic heterocycles. The summed E-state index contributed by atoms with van der Waals surface area (Å²) < 4.78 is 13.6. The Balaban J connectivity index is 2.49. The minimum Gasteiger partial charge on any atom is -0.476 e. The van der Waals surface area contributed by atoms with E-state index >= 15 is 0 Å². The number of imidazole rings is 1. The van der Waals surface area contributed by atoms with E-state index in [0.717, 1.165) is 10.9 Å². The third-order valence-corrected chi connectivity index (χ3v) is 2.12. The van der Waals surface area contributed by atoms with Crippen LogP contribution in [-0.4, -0.2) is 20.7 Å². The molecule has 82 valence electrons. The summed E-state index contributed by atoms with van der Waals surface area (Å²) in [6.07, 6.45) is 1.15. The van der Waals surface area contributed by atoms with Crippen LogP contribution in [0.4, 0.5) is 4.39 Å². The van der Waals surface area contributed by atoms with Crippen molar-refractivity contribution in [2.45, 2.75) is 0 Å². The van der Waals surface area contributed by atoms with E-state index in [-0.39, 0.29) is 17.3 Å². The average molecular weight is 221 g/mol. The Kier molecular flexibility index (Phi) is 2.32. The molecule has 0 saturated carbocycles. The highest BCUT2D eigenvalue weighted by Crippen LogP contribution is 2.17. The number of halogens is 1. The van der Waals surface area contributed by atoms with E-state index in [2.05, 4.69) is 4.98 Å². The Labute approximate surface area is 89.9 Å². The highest BCUT2D eigenvalue weighted by atomic mass is 19.1. The van der Waals surface area contributed by atoms with Crippen LogP contribution in [0.3, 0.4) is 0 Å². The van der Waals surface area contributed by atoms with Gasteiger partial charge in [0.2, 0.25) is 0 Å². The molecule has 1 heterocycles. The van der Waals surface area contributed by atoms with Gasteiger partial charge in [-0.25, -0.2) is 18.8 Å². The van der Waals surface area contributed by atoms with Gasteiger partial charge >= 0.3 is 5.97 Å². The Morgan fingerprint density at radius 3 is 2.50 bits per heavy atom. The van der Waals surface area contributed by atoms with Crippen LogP contribution in [0.15, 0.2) is 30.5 Å². The molecular weight excluding hydrogens is 213 g/mol. The fraction of sp³-hybridized carbons (Fsp3) is 0. The third kappa shape index (κ3) is 1.60. The van der Waals surface area contributed by atoms with Crippen LogP contribution >= 0.6 is 0 Å². The van der Waals surface area contributed by atoms with Crippen LogP contribution in [0, 0.1) is 5.82 Å². The van der Waals surface area contributed by atoms with Crippen molar-refractivity contribution in [2.24, 2.45) is 0 Å². The molecule has 0 spiro atoms. The normalized spacial score (nSPS) is 10.3. The number of aromatic nitrogens is 2. The first-order valence-electron chi connectivity index (χ1n) is 4.41. The summed E-state index contributed by atoms with van der Waals surface area (Å²) >= 11 is 0. The number of aromatic carboxylic acids is 1. The fourth-order valence-electron chi connectivity index (χ4n) is 1.33. The summed E-state index contributed by atoms with van der Waals surface area (Å²) in [5.41, 5.74) is 0.427. The van der Waals surface area contributed by atoms with Gasteiger partial charge in [-0.3, -0.25) is 0 Å². The lowest BCUT2D eigenvalue weighted by molar-refractivity contribution is 0.0687. The van der Waals surface area contributed by atoms with Crippen LogP contribution < -0.4 is 5.84 Å². The largest absolute Gasteiger partial charge is 0.476 e. The molecule has 2 aromatic rings. The summed E-state index contributed by atoms with van der Waals surface area (Å²) in [6.45, 7) is 0. The molecule has 3 N–H and O–H groups in total. The van der Waals surface area contributed by atoms with Crippen LogP contribution in [0.2, 0.25) is 0 Å². The maximum absolute atomic E-state index is 12.7. The van der Waals surface area contributed by atoms with E-state index in [0.29, 0.717) is 5.56 Å². The maximum atomic E-state index is 12.7. The summed E-state index contributed by atoms with van der Waals surface area (Å²) in [7, 11) is 0. The Morgan fingerprint density at radius 2 is 2.00 bits per heavy atom. The van der Waals surface area contributed by atoms with Crippen molar-refractivity contribution < 1.29 is 14.3 Å². The summed E-state index contributed by atoms with van der Waals surface area (Å²) in [6, 6.07) is 5.47. The van der Waals surface area contributed by atoms with E-state index in [1.165, 1.54) is 24.3 Å². The van der Waals surface area contributed by atoms with E-state index in [1.807, 2.05) is 0 Å². The topological polar surface area (TPSA) is 81.1 Å². The first-order valence-corrected chi connectivity index (χ1v) is 4.41. The van der Waals surface area contributed by atoms with Gasteiger partial charge in [0, 0.05) is 5.56 Å². The van der Waals surface area contributed by atoms with Crippen molar-refractivity contribution in [3.63, 3.8) is 0 Å². The number of nitrogens with two attached hydrogens (primary N) is 1. The molecule has 0 bridgehead atoms. The molecule has 0 saturated heterocycles.